The molecule has 2 aromatic heterocycles. The van der Waals surface area contributed by atoms with Gasteiger partial charge >= 0.3 is 12.1 Å². The maximum atomic E-state index is 14.9. The fourth-order valence-corrected chi connectivity index (χ4v) is 10.9. The number of methoxy groups -OCH3 is 1. The SMILES string of the molecule is C=C[C@@H]1CC1(NC(=O)[C@@H]1CC(Oc2cc(-c3csc(NC(C)C)n3)nc3c(Cl)c(OCCN4CCOCC4(C)C)ccc23)CN1C(=O)[C@@H](NC(=O)O[C@@H]1C[C@@H]2C[C@@H]2C1)C(C)(C)C)C(=O)OC. The van der Waals surface area contributed by atoms with E-state index in [0.29, 0.717) is 83.4 Å². The quantitative estimate of drug-likeness (QED) is 0.100. The Morgan fingerprint density at radius 1 is 1.06 bits per heavy atom. The standard InChI is InChI=1S/C48H64ClN7O9S/c1-10-29-22-48(29,43(59)61-9)54-41(57)35-20-31(23-56(35)42(58)40(46(4,5)6)53-45(60)65-30-18-27-17-28(27)19-30)64-37-21-33(34-24-66-44(52-34)50-26(2)3)51-39-32(37)11-12-36(38(39)49)63-16-14-55-13-15-62-25-47(55,7)8/h10-12,21,24,26-31,35,40H,1,13-20,22-23,25H2,2-9H3,(H,50,52)(H,53,60)(H,54,57)/t27-,28+,29-,30+,31?,35+,40-,48?/m1/s1. The van der Waals surface area contributed by atoms with Crippen molar-refractivity contribution in [1.82, 2.24) is 30.4 Å². The molecule has 358 valence electrons. The van der Waals surface area contributed by atoms with Crippen molar-refractivity contribution in [2.45, 2.75) is 122 Å². The second-order valence-electron chi connectivity index (χ2n) is 20.5. The number of pyridine rings is 1. The van der Waals surface area contributed by atoms with Gasteiger partial charge in [-0.05, 0) is 82.8 Å². The summed E-state index contributed by atoms with van der Waals surface area (Å²) in [5, 5.41) is 12.7. The van der Waals surface area contributed by atoms with Crippen LogP contribution >= 0.6 is 22.9 Å². The van der Waals surface area contributed by atoms with Crippen molar-refractivity contribution in [1.29, 1.82) is 0 Å². The fourth-order valence-electron chi connectivity index (χ4n) is 9.74. The van der Waals surface area contributed by atoms with Gasteiger partial charge in [0, 0.05) is 53.8 Å². The first kappa shape index (κ1) is 47.8. The monoisotopic (exact) mass is 949 g/mol. The number of thiazole rings is 1. The van der Waals surface area contributed by atoms with Crippen LogP contribution in [0.1, 0.15) is 80.6 Å². The molecule has 0 spiro atoms. The Morgan fingerprint density at radius 3 is 2.48 bits per heavy atom. The molecule has 5 aliphatic rings. The molecule has 2 aliphatic heterocycles. The summed E-state index contributed by atoms with van der Waals surface area (Å²) >= 11 is 8.63. The average Bonchev–Trinajstić information content (AvgIpc) is 3.92. The van der Waals surface area contributed by atoms with Gasteiger partial charge in [-0.25, -0.2) is 19.6 Å². The van der Waals surface area contributed by atoms with Crippen LogP contribution in [0.25, 0.3) is 22.3 Å². The van der Waals surface area contributed by atoms with Crippen LogP contribution in [0.4, 0.5) is 9.93 Å². The van der Waals surface area contributed by atoms with E-state index < -0.39 is 53.0 Å². The zero-order valence-corrected chi connectivity index (χ0v) is 40.8. The Kier molecular flexibility index (Phi) is 13.6. The Labute approximate surface area is 395 Å². The van der Waals surface area contributed by atoms with Crippen LogP contribution < -0.4 is 25.4 Å². The molecule has 3 aromatic rings. The topological polar surface area (TPSA) is 183 Å². The molecule has 18 heteroatoms. The number of morpholine rings is 1. The number of halogens is 1. The third-order valence-electron chi connectivity index (χ3n) is 13.6. The van der Waals surface area contributed by atoms with E-state index in [1.54, 1.807) is 18.2 Å². The lowest BCUT2D eigenvalue weighted by Crippen LogP contribution is -2.59. The van der Waals surface area contributed by atoms with Gasteiger partial charge in [0.25, 0.3) is 0 Å². The Morgan fingerprint density at radius 2 is 1.82 bits per heavy atom. The number of aromatic nitrogens is 2. The molecule has 3 aliphatic carbocycles. The van der Waals surface area contributed by atoms with Gasteiger partial charge in [-0.15, -0.1) is 17.9 Å². The normalized spacial score (nSPS) is 27.2. The van der Waals surface area contributed by atoms with Crippen molar-refractivity contribution in [2.24, 2.45) is 23.2 Å². The second kappa shape index (κ2) is 18.8. The van der Waals surface area contributed by atoms with Crippen LogP contribution in [0, 0.1) is 23.2 Å². The molecule has 16 nitrogen and oxygen atoms in total. The first-order chi connectivity index (χ1) is 31.3. The van der Waals surface area contributed by atoms with Crippen molar-refractivity contribution in [3.8, 4) is 22.9 Å². The van der Waals surface area contributed by atoms with E-state index in [1.807, 2.05) is 46.1 Å². The minimum atomic E-state index is -1.31. The summed E-state index contributed by atoms with van der Waals surface area (Å²) in [6.07, 6.45) is 3.20. The van der Waals surface area contributed by atoms with Crippen molar-refractivity contribution < 1.29 is 42.9 Å². The maximum Gasteiger partial charge on any atom is 0.408 e. The molecule has 2 saturated heterocycles. The number of esters is 1. The summed E-state index contributed by atoms with van der Waals surface area (Å²) in [6.45, 7) is 20.9. The molecule has 4 heterocycles. The highest BCUT2D eigenvalue weighted by Crippen LogP contribution is 2.52. The van der Waals surface area contributed by atoms with Gasteiger partial charge in [0.05, 0.1) is 38.1 Å². The number of nitrogens with zero attached hydrogens (tertiary/aromatic N) is 4. The number of hydrogen-bond acceptors (Lipinski definition) is 14. The van der Waals surface area contributed by atoms with Crippen molar-refractivity contribution in [2.75, 3.05) is 51.9 Å². The second-order valence-corrected chi connectivity index (χ2v) is 21.7. The molecular weight excluding hydrogens is 886 g/mol. The number of benzene rings is 1. The van der Waals surface area contributed by atoms with Crippen LogP contribution in [-0.4, -0.2) is 132 Å². The van der Waals surface area contributed by atoms with Gasteiger partial charge in [-0.1, -0.05) is 38.4 Å². The van der Waals surface area contributed by atoms with Gasteiger partial charge in [0.2, 0.25) is 11.8 Å². The van der Waals surface area contributed by atoms with E-state index in [0.717, 1.165) is 24.5 Å². The molecule has 3 amide bonds. The lowest BCUT2D eigenvalue weighted by atomic mass is 9.85. The number of likely N-dealkylation sites (tertiary alicyclic amines) is 1. The van der Waals surface area contributed by atoms with E-state index >= 15 is 0 Å². The van der Waals surface area contributed by atoms with E-state index in [-0.39, 0.29) is 36.6 Å². The van der Waals surface area contributed by atoms with E-state index in [1.165, 1.54) is 29.8 Å². The molecule has 8 rings (SSSR count). The highest BCUT2D eigenvalue weighted by Gasteiger charge is 2.62. The maximum absolute atomic E-state index is 14.9. The Balaban J connectivity index is 1.10. The molecule has 1 aromatic carbocycles. The summed E-state index contributed by atoms with van der Waals surface area (Å²) in [7, 11) is 1.27. The Bertz CT molecular complexity index is 2340. The number of alkyl carbamates (subject to hydrolysis) is 1. The molecule has 3 N–H and O–H groups in total. The van der Waals surface area contributed by atoms with Crippen molar-refractivity contribution >= 4 is 62.8 Å². The number of ether oxygens (including phenoxy) is 5. The molecule has 2 unspecified atom stereocenters. The first-order valence-corrected chi connectivity index (χ1v) is 24.3. The zero-order valence-electron chi connectivity index (χ0n) is 39.2. The van der Waals surface area contributed by atoms with Crippen LogP contribution in [-0.2, 0) is 28.6 Å². The Hall–Kier alpha value is -4.71. The largest absolute Gasteiger partial charge is 0.491 e. The van der Waals surface area contributed by atoms with Crippen LogP contribution in [0.3, 0.4) is 0 Å². The lowest BCUT2D eigenvalue weighted by Gasteiger charge is -2.41. The summed E-state index contributed by atoms with van der Waals surface area (Å²) in [5.41, 5.74) is -0.695. The van der Waals surface area contributed by atoms with Gasteiger partial charge in [0.15, 0.2) is 5.13 Å². The van der Waals surface area contributed by atoms with Gasteiger partial charge in [-0.2, -0.15) is 0 Å². The summed E-state index contributed by atoms with van der Waals surface area (Å²) in [4.78, 5) is 69.6. The minimum absolute atomic E-state index is 0.0204. The molecule has 3 saturated carbocycles. The molecule has 5 fully saturated rings. The zero-order chi connectivity index (χ0) is 47.3. The highest BCUT2D eigenvalue weighted by molar-refractivity contribution is 7.14. The third kappa shape index (κ3) is 10.1. The van der Waals surface area contributed by atoms with E-state index in [4.69, 9.17) is 45.3 Å². The number of amides is 3. The van der Waals surface area contributed by atoms with Gasteiger partial charge in [-0.3, -0.25) is 14.5 Å². The molecule has 8 atom stereocenters. The highest BCUT2D eigenvalue weighted by atomic mass is 35.5. The summed E-state index contributed by atoms with van der Waals surface area (Å²) in [5.74, 6) is 0.0889. The smallest absolute Gasteiger partial charge is 0.408 e. The predicted molar refractivity (Wildman–Crippen MR) is 252 cm³/mol. The van der Waals surface area contributed by atoms with Gasteiger partial charge < -0.3 is 44.5 Å². The molecule has 0 radical (unpaired) electrons. The number of hydrogen-bond donors (Lipinski definition) is 3. The van der Waals surface area contributed by atoms with Crippen LogP contribution in [0.2, 0.25) is 5.02 Å². The lowest BCUT2D eigenvalue weighted by molar-refractivity contribution is -0.148. The van der Waals surface area contributed by atoms with Gasteiger partial charge in [0.1, 0.15) is 58.7 Å². The number of anilines is 1. The average molecular weight is 951 g/mol. The van der Waals surface area contributed by atoms with Crippen LogP contribution in [0.5, 0.6) is 11.5 Å². The number of carbonyl (C=O) groups is 4. The van der Waals surface area contributed by atoms with Crippen molar-refractivity contribution in [3.05, 3.63) is 41.3 Å². The number of carbonyl (C=O) groups excluding carboxylic acids is 4. The fraction of sp³-hybridized carbons (Fsp3) is 0.625. The van der Waals surface area contributed by atoms with Crippen molar-refractivity contribution in [3.63, 3.8) is 0 Å². The van der Waals surface area contributed by atoms with E-state index in [9.17, 15) is 19.2 Å². The third-order valence-corrected chi connectivity index (χ3v) is 14.8. The number of fused-ring (bicyclic) bond motifs is 2. The number of rotatable bonds is 16. The predicted octanol–water partition coefficient (Wildman–Crippen LogP) is 6.84. The molecule has 66 heavy (non-hydrogen) atoms. The van der Waals surface area contributed by atoms with Crippen LogP contribution in [0.15, 0.2) is 36.2 Å². The summed E-state index contributed by atoms with van der Waals surface area (Å²) in [6, 6.07) is 3.44. The summed E-state index contributed by atoms with van der Waals surface area (Å²) < 4.78 is 29.8. The molecular formula is C48H64ClN7O9S. The first-order valence-electron chi connectivity index (χ1n) is 23.1. The molecule has 0 bridgehead atoms. The minimum Gasteiger partial charge on any atom is -0.491 e. The van der Waals surface area contributed by atoms with E-state index in [2.05, 4.69) is 41.3 Å². The number of nitrogens with one attached hydrogen (secondary N) is 3.